The van der Waals surface area contributed by atoms with Gasteiger partial charge < -0.3 is 5.32 Å². The van der Waals surface area contributed by atoms with Gasteiger partial charge in [0, 0.05) is 25.9 Å². The summed E-state index contributed by atoms with van der Waals surface area (Å²) in [6.07, 6.45) is 2.56. The predicted molar refractivity (Wildman–Crippen MR) is 70.9 cm³/mol. The molecule has 1 saturated carbocycles. The lowest BCUT2D eigenvalue weighted by atomic mass is 10.1. The molecule has 6 heteroatoms. The Hall–Kier alpha value is -1.14. The highest BCUT2D eigenvalue weighted by atomic mass is 32.2. The fourth-order valence-electron chi connectivity index (χ4n) is 1.93. The van der Waals surface area contributed by atoms with Crippen molar-refractivity contribution in [1.82, 2.24) is 9.71 Å². The lowest BCUT2D eigenvalue weighted by Crippen LogP contribution is -2.27. The van der Waals surface area contributed by atoms with Crippen molar-refractivity contribution in [2.24, 2.45) is 11.3 Å². The molecule has 1 aromatic heterocycles. The fraction of sp³-hybridized carbons (Fsp3) is 0.583. The van der Waals surface area contributed by atoms with Gasteiger partial charge in [0.25, 0.3) is 0 Å². The SMILES string of the molecule is CNc1cc(S(=O)(=O)NCC2CC2(C)C)ccn1. The predicted octanol–water partition coefficient (Wildman–Crippen LogP) is 1.45. The van der Waals surface area contributed by atoms with Crippen molar-refractivity contribution in [2.45, 2.75) is 25.2 Å². The normalized spacial score (nSPS) is 21.6. The van der Waals surface area contributed by atoms with Crippen molar-refractivity contribution in [3.8, 4) is 0 Å². The van der Waals surface area contributed by atoms with Crippen molar-refractivity contribution in [3.63, 3.8) is 0 Å². The highest BCUT2D eigenvalue weighted by Crippen LogP contribution is 2.51. The maximum absolute atomic E-state index is 12.1. The van der Waals surface area contributed by atoms with E-state index < -0.39 is 10.0 Å². The third-order valence-electron chi connectivity index (χ3n) is 3.54. The minimum atomic E-state index is -3.43. The summed E-state index contributed by atoms with van der Waals surface area (Å²) in [5.74, 6) is 0.988. The topological polar surface area (TPSA) is 71.1 Å². The van der Waals surface area contributed by atoms with E-state index >= 15 is 0 Å². The Balaban J connectivity index is 2.06. The van der Waals surface area contributed by atoms with Gasteiger partial charge >= 0.3 is 0 Å². The molecular weight excluding hydrogens is 250 g/mol. The molecule has 0 radical (unpaired) electrons. The Kier molecular flexibility index (Phi) is 3.33. The van der Waals surface area contributed by atoms with Crippen molar-refractivity contribution in [1.29, 1.82) is 0 Å². The average Bonchev–Trinajstić information content (AvgIpc) is 2.95. The number of rotatable bonds is 5. The molecule has 1 atom stereocenters. The lowest BCUT2D eigenvalue weighted by Gasteiger charge is -2.08. The van der Waals surface area contributed by atoms with Gasteiger partial charge in [0.1, 0.15) is 5.82 Å². The highest BCUT2D eigenvalue weighted by molar-refractivity contribution is 7.89. The fourth-order valence-corrected chi connectivity index (χ4v) is 3.03. The van der Waals surface area contributed by atoms with Gasteiger partial charge in [-0.05, 0) is 23.8 Å². The largest absolute Gasteiger partial charge is 0.373 e. The summed E-state index contributed by atoms with van der Waals surface area (Å²) in [7, 11) is -1.72. The van der Waals surface area contributed by atoms with E-state index in [-0.39, 0.29) is 10.3 Å². The van der Waals surface area contributed by atoms with Crippen LogP contribution < -0.4 is 10.0 Å². The van der Waals surface area contributed by atoms with Crippen molar-refractivity contribution < 1.29 is 8.42 Å². The van der Waals surface area contributed by atoms with Gasteiger partial charge in [-0.1, -0.05) is 13.8 Å². The number of anilines is 1. The average molecular weight is 269 g/mol. The summed E-state index contributed by atoms with van der Waals surface area (Å²) in [4.78, 5) is 4.25. The number of aromatic nitrogens is 1. The Bertz CT molecular complexity index is 540. The maximum atomic E-state index is 12.1. The third-order valence-corrected chi connectivity index (χ3v) is 4.96. The first kappa shape index (κ1) is 13.3. The molecule has 1 aliphatic carbocycles. The molecule has 1 aromatic rings. The number of hydrogen-bond donors (Lipinski definition) is 2. The first-order valence-corrected chi connectivity index (χ1v) is 7.47. The highest BCUT2D eigenvalue weighted by Gasteiger charge is 2.45. The smallest absolute Gasteiger partial charge is 0.240 e. The molecule has 5 nitrogen and oxygen atoms in total. The molecule has 2 N–H and O–H groups in total. The van der Waals surface area contributed by atoms with Gasteiger partial charge in [0.15, 0.2) is 0 Å². The van der Waals surface area contributed by atoms with E-state index in [4.69, 9.17) is 0 Å². The molecule has 18 heavy (non-hydrogen) atoms. The summed E-state index contributed by atoms with van der Waals surface area (Å²) in [5.41, 5.74) is 0.275. The standard InChI is InChI=1S/C12H19N3O2S/c1-12(2)7-9(12)8-15-18(16,17)10-4-5-14-11(6-10)13-3/h4-6,9,15H,7-8H2,1-3H3,(H,13,14). The zero-order chi connectivity index (χ0) is 13.4. The molecule has 1 fully saturated rings. The van der Waals surface area contributed by atoms with Crippen molar-refractivity contribution >= 4 is 15.8 Å². The second-order valence-electron chi connectivity index (χ2n) is 5.37. The second kappa shape index (κ2) is 4.51. The van der Waals surface area contributed by atoms with E-state index in [0.717, 1.165) is 6.42 Å². The van der Waals surface area contributed by atoms with Gasteiger partial charge in [0.2, 0.25) is 10.0 Å². The summed E-state index contributed by atoms with van der Waals surface area (Å²) in [5, 5.41) is 2.83. The van der Waals surface area contributed by atoms with Crippen LogP contribution in [-0.4, -0.2) is 27.0 Å². The molecule has 0 amide bonds. The van der Waals surface area contributed by atoms with Crippen LogP contribution in [0.15, 0.2) is 23.2 Å². The molecule has 1 heterocycles. The van der Waals surface area contributed by atoms with E-state index in [0.29, 0.717) is 18.3 Å². The van der Waals surface area contributed by atoms with E-state index in [1.54, 1.807) is 7.05 Å². The number of nitrogens with zero attached hydrogens (tertiary/aromatic N) is 1. The summed E-state index contributed by atoms with van der Waals surface area (Å²) < 4.78 is 26.8. The monoisotopic (exact) mass is 269 g/mol. The molecule has 100 valence electrons. The quantitative estimate of drug-likeness (QED) is 0.848. The molecule has 1 unspecified atom stereocenters. The van der Waals surface area contributed by atoms with Crippen molar-refractivity contribution in [3.05, 3.63) is 18.3 Å². The van der Waals surface area contributed by atoms with Crippen LogP contribution in [0.2, 0.25) is 0 Å². The van der Waals surface area contributed by atoms with Crippen LogP contribution in [-0.2, 0) is 10.0 Å². The molecule has 2 rings (SSSR count). The number of pyridine rings is 1. The molecule has 0 spiro atoms. The summed E-state index contributed by atoms with van der Waals surface area (Å²) in [6, 6.07) is 3.03. The lowest BCUT2D eigenvalue weighted by molar-refractivity contribution is 0.537. The van der Waals surface area contributed by atoms with Crippen LogP contribution in [0.4, 0.5) is 5.82 Å². The van der Waals surface area contributed by atoms with Crippen LogP contribution in [0.1, 0.15) is 20.3 Å². The zero-order valence-corrected chi connectivity index (χ0v) is 11.7. The second-order valence-corrected chi connectivity index (χ2v) is 7.14. The minimum absolute atomic E-state index is 0.250. The first-order valence-electron chi connectivity index (χ1n) is 5.99. The van der Waals surface area contributed by atoms with Crippen LogP contribution in [0.5, 0.6) is 0 Å². The van der Waals surface area contributed by atoms with E-state index in [1.165, 1.54) is 18.3 Å². The van der Waals surface area contributed by atoms with Crippen molar-refractivity contribution in [2.75, 3.05) is 18.9 Å². The van der Waals surface area contributed by atoms with Crippen LogP contribution in [0.3, 0.4) is 0 Å². The van der Waals surface area contributed by atoms with Crippen LogP contribution >= 0.6 is 0 Å². The maximum Gasteiger partial charge on any atom is 0.240 e. The Morgan fingerprint density at radius 2 is 2.17 bits per heavy atom. The van der Waals surface area contributed by atoms with E-state index in [2.05, 4.69) is 28.9 Å². The number of sulfonamides is 1. The van der Waals surface area contributed by atoms with Gasteiger partial charge in [-0.15, -0.1) is 0 Å². The van der Waals surface area contributed by atoms with Gasteiger partial charge in [-0.25, -0.2) is 18.1 Å². The van der Waals surface area contributed by atoms with Crippen LogP contribution in [0, 0.1) is 11.3 Å². The molecular formula is C12H19N3O2S. The summed E-state index contributed by atoms with van der Waals surface area (Å²) >= 11 is 0. The summed E-state index contributed by atoms with van der Waals surface area (Å²) in [6.45, 7) is 4.81. The van der Waals surface area contributed by atoms with E-state index in [9.17, 15) is 8.42 Å². The Morgan fingerprint density at radius 1 is 1.50 bits per heavy atom. The number of nitrogens with one attached hydrogen (secondary N) is 2. The van der Waals surface area contributed by atoms with E-state index in [1.807, 2.05) is 0 Å². The first-order chi connectivity index (χ1) is 8.35. The van der Waals surface area contributed by atoms with Crippen LogP contribution in [0.25, 0.3) is 0 Å². The van der Waals surface area contributed by atoms with Gasteiger partial charge in [-0.2, -0.15) is 0 Å². The molecule has 0 aromatic carbocycles. The van der Waals surface area contributed by atoms with Gasteiger partial charge in [-0.3, -0.25) is 0 Å². The zero-order valence-electron chi connectivity index (χ0n) is 10.9. The Morgan fingerprint density at radius 3 is 2.72 bits per heavy atom. The molecule has 0 saturated heterocycles. The molecule has 1 aliphatic rings. The molecule has 0 bridgehead atoms. The number of hydrogen-bond acceptors (Lipinski definition) is 4. The Labute approximate surface area is 108 Å². The molecule has 0 aliphatic heterocycles. The minimum Gasteiger partial charge on any atom is -0.373 e. The third kappa shape index (κ3) is 2.81. The van der Waals surface area contributed by atoms with Gasteiger partial charge in [0.05, 0.1) is 4.90 Å².